The molecular formula is C25H30FN9O3S. The maximum atomic E-state index is 15.6. The highest BCUT2D eigenvalue weighted by Crippen LogP contribution is 2.40. The average molecular weight is 556 g/mol. The Morgan fingerprint density at radius 3 is 2.38 bits per heavy atom. The number of nitrogens with two attached hydrogens (primary N) is 1. The van der Waals surface area contributed by atoms with E-state index in [1.807, 2.05) is 11.9 Å². The zero-order chi connectivity index (χ0) is 27.1. The van der Waals surface area contributed by atoms with E-state index in [1.165, 1.54) is 16.4 Å². The second kappa shape index (κ2) is 10.3. The predicted molar refractivity (Wildman–Crippen MR) is 144 cm³/mol. The molecule has 2 N–H and O–H groups in total. The molecule has 39 heavy (non-hydrogen) atoms. The van der Waals surface area contributed by atoms with Gasteiger partial charge in [0.15, 0.2) is 0 Å². The van der Waals surface area contributed by atoms with Crippen molar-refractivity contribution >= 4 is 33.4 Å². The molecule has 6 rings (SSSR count). The smallest absolute Gasteiger partial charge is 0.243 e. The largest absolute Gasteiger partial charge is 0.378 e. The summed E-state index contributed by atoms with van der Waals surface area (Å²) in [5.74, 6) is 0.618. The monoisotopic (exact) mass is 555 g/mol. The van der Waals surface area contributed by atoms with E-state index in [-0.39, 0.29) is 16.5 Å². The van der Waals surface area contributed by atoms with Crippen LogP contribution in [0.3, 0.4) is 0 Å². The molecule has 0 spiro atoms. The molecule has 0 saturated carbocycles. The molecule has 0 radical (unpaired) electrons. The van der Waals surface area contributed by atoms with Crippen molar-refractivity contribution in [3.63, 3.8) is 0 Å². The van der Waals surface area contributed by atoms with Gasteiger partial charge in [-0.05, 0) is 31.7 Å². The fourth-order valence-corrected chi connectivity index (χ4v) is 6.56. The summed E-state index contributed by atoms with van der Waals surface area (Å²) in [4.78, 5) is 23.8. The third-order valence-corrected chi connectivity index (χ3v) is 9.26. The van der Waals surface area contributed by atoms with Crippen LogP contribution >= 0.6 is 0 Å². The van der Waals surface area contributed by atoms with Crippen LogP contribution in [0.1, 0.15) is 5.56 Å². The van der Waals surface area contributed by atoms with Crippen LogP contribution < -0.4 is 15.5 Å². The maximum absolute atomic E-state index is 15.6. The Morgan fingerprint density at radius 1 is 0.974 bits per heavy atom. The van der Waals surface area contributed by atoms with E-state index in [0.717, 1.165) is 11.6 Å². The number of ether oxygens (including phenoxy) is 1. The Morgan fingerprint density at radius 2 is 1.69 bits per heavy atom. The van der Waals surface area contributed by atoms with Crippen LogP contribution in [-0.2, 0) is 21.2 Å². The van der Waals surface area contributed by atoms with Crippen LogP contribution in [0.15, 0.2) is 35.5 Å². The highest BCUT2D eigenvalue weighted by atomic mass is 32.2. The third-order valence-electron chi connectivity index (χ3n) is 7.36. The van der Waals surface area contributed by atoms with Crippen LogP contribution in [-0.4, -0.2) is 104 Å². The number of sulfonamides is 1. The van der Waals surface area contributed by atoms with Gasteiger partial charge >= 0.3 is 0 Å². The van der Waals surface area contributed by atoms with Gasteiger partial charge in [0.25, 0.3) is 0 Å². The van der Waals surface area contributed by atoms with E-state index in [1.54, 1.807) is 17.3 Å². The number of piperazine rings is 1. The topological polar surface area (TPSA) is 134 Å². The molecule has 0 unspecified atom stereocenters. The van der Waals surface area contributed by atoms with Crippen molar-refractivity contribution in [1.29, 1.82) is 0 Å². The van der Waals surface area contributed by atoms with Gasteiger partial charge in [0.1, 0.15) is 11.6 Å². The molecule has 5 heterocycles. The Bertz CT molecular complexity index is 1470. The standard InChI is InChI=1S/C25H30FN9O3S/c1-32-6-8-34(9-7-32)39(36,37)18-2-3-21(20(26)14-18)35-5-4-19-22(17-15-28-24(27)29-16-17)30-25(31-23(19)35)33-10-12-38-13-11-33/h2-3,14-16H,4-13H2,1H3,(H2,27,28,29). The van der Waals surface area contributed by atoms with E-state index in [0.29, 0.717) is 88.5 Å². The van der Waals surface area contributed by atoms with Crippen LogP contribution in [0.4, 0.5) is 27.8 Å². The van der Waals surface area contributed by atoms with Crippen molar-refractivity contribution in [1.82, 2.24) is 29.1 Å². The van der Waals surface area contributed by atoms with Crippen molar-refractivity contribution in [2.24, 2.45) is 0 Å². The Labute approximate surface area is 226 Å². The third kappa shape index (κ3) is 4.88. The predicted octanol–water partition coefficient (Wildman–Crippen LogP) is 1.12. The number of morpholine rings is 1. The molecule has 3 aliphatic rings. The van der Waals surface area contributed by atoms with Gasteiger partial charge in [-0.1, -0.05) is 0 Å². The summed E-state index contributed by atoms with van der Waals surface area (Å²) in [6.45, 7) is 4.86. The van der Waals surface area contributed by atoms with Gasteiger partial charge in [-0.2, -0.15) is 9.29 Å². The molecule has 14 heteroatoms. The van der Waals surface area contributed by atoms with Crippen molar-refractivity contribution in [3.8, 4) is 11.3 Å². The van der Waals surface area contributed by atoms with Crippen LogP contribution in [0.25, 0.3) is 11.3 Å². The van der Waals surface area contributed by atoms with E-state index in [2.05, 4.69) is 14.9 Å². The van der Waals surface area contributed by atoms with E-state index < -0.39 is 15.8 Å². The molecule has 1 aromatic carbocycles. The minimum atomic E-state index is -3.80. The second-order valence-corrected chi connectivity index (χ2v) is 11.8. The van der Waals surface area contributed by atoms with Gasteiger partial charge < -0.3 is 25.2 Å². The lowest BCUT2D eigenvalue weighted by molar-refractivity contribution is 0.122. The number of rotatable bonds is 5. The van der Waals surface area contributed by atoms with Crippen molar-refractivity contribution in [3.05, 3.63) is 42.0 Å². The number of benzene rings is 1. The van der Waals surface area contributed by atoms with E-state index >= 15 is 4.39 Å². The number of anilines is 4. The summed E-state index contributed by atoms with van der Waals surface area (Å²) in [6, 6.07) is 4.11. The minimum Gasteiger partial charge on any atom is -0.378 e. The molecule has 12 nitrogen and oxygen atoms in total. The number of nitrogens with zero attached hydrogens (tertiary/aromatic N) is 8. The van der Waals surface area contributed by atoms with Crippen LogP contribution in [0.5, 0.6) is 0 Å². The SMILES string of the molecule is CN1CCN(S(=O)(=O)c2ccc(N3CCc4c(-c5cnc(N)nc5)nc(N5CCOCC5)nc43)c(F)c2)CC1. The number of hydrogen-bond donors (Lipinski definition) is 1. The first-order valence-corrected chi connectivity index (χ1v) is 14.3. The summed E-state index contributed by atoms with van der Waals surface area (Å²) in [5, 5.41) is 0. The van der Waals surface area contributed by atoms with Gasteiger partial charge in [-0.3, -0.25) is 0 Å². The molecule has 3 aromatic rings. The van der Waals surface area contributed by atoms with Crippen molar-refractivity contribution in [2.75, 3.05) is 81.6 Å². The van der Waals surface area contributed by atoms with E-state index in [4.69, 9.17) is 20.4 Å². The lowest BCUT2D eigenvalue weighted by Gasteiger charge is -2.31. The maximum Gasteiger partial charge on any atom is 0.243 e. The van der Waals surface area contributed by atoms with Crippen molar-refractivity contribution in [2.45, 2.75) is 11.3 Å². The van der Waals surface area contributed by atoms with Crippen LogP contribution in [0.2, 0.25) is 0 Å². The quantitative estimate of drug-likeness (QED) is 0.485. The number of hydrogen-bond acceptors (Lipinski definition) is 11. The number of likely N-dealkylation sites (N-methyl/N-ethyl adjacent to an activating group) is 1. The number of aromatic nitrogens is 4. The molecule has 2 saturated heterocycles. The van der Waals surface area contributed by atoms with Gasteiger partial charge in [0.2, 0.25) is 21.9 Å². The minimum absolute atomic E-state index is 0.0517. The lowest BCUT2D eigenvalue weighted by Crippen LogP contribution is -2.47. The first-order valence-electron chi connectivity index (χ1n) is 12.9. The zero-order valence-corrected chi connectivity index (χ0v) is 22.4. The normalized spacial score (nSPS) is 18.9. The summed E-state index contributed by atoms with van der Waals surface area (Å²) in [5.41, 5.74) is 8.16. The van der Waals surface area contributed by atoms with Gasteiger partial charge in [-0.25, -0.2) is 27.8 Å². The summed E-state index contributed by atoms with van der Waals surface area (Å²) < 4.78 is 48.9. The molecule has 206 valence electrons. The molecule has 2 aromatic heterocycles. The highest BCUT2D eigenvalue weighted by molar-refractivity contribution is 7.89. The van der Waals surface area contributed by atoms with Gasteiger partial charge in [0, 0.05) is 69.3 Å². The molecule has 0 atom stereocenters. The summed E-state index contributed by atoms with van der Waals surface area (Å²) >= 11 is 0. The molecular weight excluding hydrogens is 525 g/mol. The number of halogens is 1. The zero-order valence-electron chi connectivity index (χ0n) is 21.6. The fraction of sp³-hybridized carbons (Fsp3) is 0.440. The molecule has 0 bridgehead atoms. The Hall–Kier alpha value is -3.46. The van der Waals surface area contributed by atoms with Crippen LogP contribution in [0, 0.1) is 5.82 Å². The number of fused-ring (bicyclic) bond motifs is 1. The fourth-order valence-electron chi connectivity index (χ4n) is 5.13. The molecule has 3 aliphatic heterocycles. The highest BCUT2D eigenvalue weighted by Gasteiger charge is 2.32. The summed E-state index contributed by atoms with van der Waals surface area (Å²) in [7, 11) is -1.85. The molecule has 0 amide bonds. The summed E-state index contributed by atoms with van der Waals surface area (Å²) in [6.07, 6.45) is 3.81. The van der Waals surface area contributed by atoms with Crippen molar-refractivity contribution < 1.29 is 17.5 Å². The number of nitrogen functional groups attached to an aromatic ring is 1. The van der Waals surface area contributed by atoms with Gasteiger partial charge in [0.05, 0.1) is 29.5 Å². The Balaban J connectivity index is 1.37. The Kier molecular flexibility index (Phi) is 6.79. The molecule has 0 aliphatic carbocycles. The molecule has 2 fully saturated rings. The lowest BCUT2D eigenvalue weighted by atomic mass is 10.1. The van der Waals surface area contributed by atoms with E-state index in [9.17, 15) is 8.42 Å². The first-order chi connectivity index (χ1) is 18.8. The van der Waals surface area contributed by atoms with Gasteiger partial charge in [-0.15, -0.1) is 0 Å². The second-order valence-electron chi connectivity index (χ2n) is 9.83. The first kappa shape index (κ1) is 25.8. The average Bonchev–Trinajstić information content (AvgIpc) is 3.37.